The lowest BCUT2D eigenvalue weighted by Gasteiger charge is -2.23. The fraction of sp³-hybridized carbons (Fsp3) is 0.462. The molecule has 1 fully saturated rings. The number of alkyl halides is 3. The number of halogens is 4. The molecule has 1 aromatic heterocycles. The average Bonchev–Trinajstić information content (AvgIpc) is 2.44. The SMILES string of the molecule is O=C1CCC[C@H](CNC(=O)c2ccc(C(F)(F)F)nc2Cl)N1. The lowest BCUT2D eigenvalue weighted by molar-refractivity contribution is -0.141. The number of carbonyl (C=O) groups is 2. The van der Waals surface area contributed by atoms with Gasteiger partial charge in [0.15, 0.2) is 0 Å². The molecule has 0 aromatic carbocycles. The predicted octanol–water partition coefficient (Wildman–Crippen LogP) is 2.15. The van der Waals surface area contributed by atoms with E-state index in [-0.39, 0.29) is 24.1 Å². The number of hydrogen-bond acceptors (Lipinski definition) is 3. The molecule has 0 saturated carbocycles. The van der Waals surface area contributed by atoms with Crippen molar-refractivity contribution >= 4 is 23.4 Å². The Morgan fingerprint density at radius 2 is 2.18 bits per heavy atom. The smallest absolute Gasteiger partial charge is 0.352 e. The predicted molar refractivity (Wildman–Crippen MR) is 72.4 cm³/mol. The van der Waals surface area contributed by atoms with Gasteiger partial charge in [0.25, 0.3) is 5.91 Å². The molecule has 22 heavy (non-hydrogen) atoms. The molecule has 2 heterocycles. The van der Waals surface area contributed by atoms with Crippen LogP contribution >= 0.6 is 11.6 Å². The Labute approximate surface area is 129 Å². The maximum absolute atomic E-state index is 12.5. The molecule has 120 valence electrons. The summed E-state index contributed by atoms with van der Waals surface area (Å²) in [7, 11) is 0. The van der Waals surface area contributed by atoms with Crippen molar-refractivity contribution < 1.29 is 22.8 Å². The van der Waals surface area contributed by atoms with E-state index in [2.05, 4.69) is 15.6 Å². The molecule has 0 unspecified atom stereocenters. The van der Waals surface area contributed by atoms with Crippen LogP contribution in [0.25, 0.3) is 0 Å². The molecule has 1 aliphatic rings. The van der Waals surface area contributed by atoms with Gasteiger partial charge in [0, 0.05) is 19.0 Å². The zero-order chi connectivity index (χ0) is 16.3. The molecule has 2 rings (SSSR count). The Hall–Kier alpha value is -1.83. The first-order valence-corrected chi connectivity index (χ1v) is 6.96. The summed E-state index contributed by atoms with van der Waals surface area (Å²) in [4.78, 5) is 26.3. The first kappa shape index (κ1) is 16.5. The summed E-state index contributed by atoms with van der Waals surface area (Å²) in [5, 5.41) is 4.73. The zero-order valence-electron chi connectivity index (χ0n) is 11.3. The second-order valence-corrected chi connectivity index (χ2v) is 5.26. The third kappa shape index (κ3) is 4.09. The largest absolute Gasteiger partial charge is 0.433 e. The van der Waals surface area contributed by atoms with Gasteiger partial charge in [-0.25, -0.2) is 4.98 Å². The van der Waals surface area contributed by atoms with E-state index in [4.69, 9.17) is 11.6 Å². The number of piperidine rings is 1. The second-order valence-electron chi connectivity index (χ2n) is 4.90. The van der Waals surface area contributed by atoms with E-state index in [1.807, 2.05) is 0 Å². The van der Waals surface area contributed by atoms with E-state index >= 15 is 0 Å². The minimum Gasteiger partial charge on any atom is -0.352 e. The van der Waals surface area contributed by atoms with Gasteiger partial charge in [-0.15, -0.1) is 0 Å². The molecule has 0 aliphatic carbocycles. The van der Waals surface area contributed by atoms with Gasteiger partial charge in [-0.3, -0.25) is 9.59 Å². The van der Waals surface area contributed by atoms with Gasteiger partial charge in [-0.05, 0) is 25.0 Å². The quantitative estimate of drug-likeness (QED) is 0.831. The van der Waals surface area contributed by atoms with Gasteiger partial charge in [0.1, 0.15) is 10.8 Å². The van der Waals surface area contributed by atoms with E-state index in [0.29, 0.717) is 12.5 Å². The molecule has 1 atom stereocenters. The van der Waals surface area contributed by atoms with Gasteiger partial charge in [-0.1, -0.05) is 11.6 Å². The van der Waals surface area contributed by atoms with E-state index in [1.54, 1.807) is 0 Å². The van der Waals surface area contributed by atoms with Crippen molar-refractivity contribution in [2.75, 3.05) is 6.54 Å². The summed E-state index contributed by atoms with van der Waals surface area (Å²) >= 11 is 5.63. The van der Waals surface area contributed by atoms with Crippen LogP contribution in [0, 0.1) is 0 Å². The van der Waals surface area contributed by atoms with E-state index in [9.17, 15) is 22.8 Å². The van der Waals surface area contributed by atoms with Crippen LogP contribution in [0.4, 0.5) is 13.2 Å². The third-order valence-electron chi connectivity index (χ3n) is 3.21. The van der Waals surface area contributed by atoms with Crippen LogP contribution in [0.2, 0.25) is 5.15 Å². The Balaban J connectivity index is 1.99. The number of pyridine rings is 1. The summed E-state index contributed by atoms with van der Waals surface area (Å²) < 4.78 is 37.4. The highest BCUT2D eigenvalue weighted by molar-refractivity contribution is 6.32. The van der Waals surface area contributed by atoms with Gasteiger partial charge in [0.05, 0.1) is 5.56 Å². The number of nitrogens with zero attached hydrogens (tertiary/aromatic N) is 1. The van der Waals surface area contributed by atoms with Crippen molar-refractivity contribution in [3.8, 4) is 0 Å². The lowest BCUT2D eigenvalue weighted by Crippen LogP contribution is -2.46. The molecule has 0 bridgehead atoms. The third-order valence-corrected chi connectivity index (χ3v) is 3.50. The highest BCUT2D eigenvalue weighted by Gasteiger charge is 2.33. The van der Waals surface area contributed by atoms with Crippen molar-refractivity contribution in [2.24, 2.45) is 0 Å². The minimum atomic E-state index is -4.62. The highest BCUT2D eigenvalue weighted by atomic mass is 35.5. The van der Waals surface area contributed by atoms with Crippen LogP contribution in [0.3, 0.4) is 0 Å². The Morgan fingerprint density at radius 1 is 1.45 bits per heavy atom. The molecule has 1 aromatic rings. The maximum Gasteiger partial charge on any atom is 0.433 e. The summed E-state index contributed by atoms with van der Waals surface area (Å²) in [5.74, 6) is -0.717. The topological polar surface area (TPSA) is 71.1 Å². The first-order valence-electron chi connectivity index (χ1n) is 6.58. The summed E-state index contributed by atoms with van der Waals surface area (Å²) in [6.45, 7) is 0.182. The van der Waals surface area contributed by atoms with Crippen molar-refractivity contribution in [1.29, 1.82) is 0 Å². The number of aromatic nitrogens is 1. The van der Waals surface area contributed by atoms with Gasteiger partial charge < -0.3 is 10.6 Å². The van der Waals surface area contributed by atoms with Gasteiger partial charge in [-0.2, -0.15) is 13.2 Å². The summed E-state index contributed by atoms with van der Waals surface area (Å²) in [6.07, 6.45) is -2.70. The van der Waals surface area contributed by atoms with E-state index < -0.39 is 22.9 Å². The van der Waals surface area contributed by atoms with Crippen LogP contribution in [0.15, 0.2) is 12.1 Å². The fourth-order valence-electron chi connectivity index (χ4n) is 2.11. The first-order chi connectivity index (χ1) is 10.3. The zero-order valence-corrected chi connectivity index (χ0v) is 12.1. The second kappa shape index (κ2) is 6.51. The minimum absolute atomic E-state index is 0.0836. The molecule has 2 amide bonds. The van der Waals surface area contributed by atoms with E-state index in [1.165, 1.54) is 0 Å². The van der Waals surface area contributed by atoms with Crippen LogP contribution in [0.5, 0.6) is 0 Å². The molecule has 2 N–H and O–H groups in total. The molecular formula is C13H13ClF3N3O2. The summed E-state index contributed by atoms with van der Waals surface area (Å²) in [6, 6.07) is 1.49. The number of hydrogen-bond donors (Lipinski definition) is 2. The highest BCUT2D eigenvalue weighted by Crippen LogP contribution is 2.29. The number of carbonyl (C=O) groups excluding carboxylic acids is 2. The fourth-order valence-corrected chi connectivity index (χ4v) is 2.35. The molecule has 0 radical (unpaired) electrons. The van der Waals surface area contributed by atoms with Crippen LogP contribution in [-0.2, 0) is 11.0 Å². The Kier molecular flexibility index (Phi) is 4.90. The molecule has 5 nitrogen and oxygen atoms in total. The van der Waals surface area contributed by atoms with Gasteiger partial charge >= 0.3 is 6.18 Å². The normalized spacial score (nSPS) is 18.7. The van der Waals surface area contributed by atoms with Crippen LogP contribution < -0.4 is 10.6 Å². The van der Waals surface area contributed by atoms with Gasteiger partial charge in [0.2, 0.25) is 5.91 Å². The Bertz CT molecular complexity index is 592. The van der Waals surface area contributed by atoms with Crippen LogP contribution in [-0.4, -0.2) is 29.4 Å². The Morgan fingerprint density at radius 3 is 2.77 bits per heavy atom. The lowest BCUT2D eigenvalue weighted by atomic mass is 10.0. The summed E-state index contributed by atoms with van der Waals surface area (Å²) in [5.41, 5.74) is -1.30. The number of rotatable bonds is 3. The molecule has 0 spiro atoms. The maximum atomic E-state index is 12.5. The standard InChI is InChI=1S/C13H13ClF3N3O2/c14-11-8(4-5-9(20-11)13(15,16)17)12(22)18-6-7-2-1-3-10(21)19-7/h4-5,7H,1-3,6H2,(H,18,22)(H,19,21)/t7-/m1/s1. The van der Waals surface area contributed by atoms with Crippen molar-refractivity contribution in [2.45, 2.75) is 31.5 Å². The average molecular weight is 336 g/mol. The van der Waals surface area contributed by atoms with E-state index in [0.717, 1.165) is 18.9 Å². The van der Waals surface area contributed by atoms with Crippen molar-refractivity contribution in [1.82, 2.24) is 15.6 Å². The van der Waals surface area contributed by atoms with Crippen molar-refractivity contribution in [3.05, 3.63) is 28.5 Å². The molecule has 1 aliphatic heterocycles. The number of nitrogens with one attached hydrogen (secondary N) is 2. The molecule has 1 saturated heterocycles. The van der Waals surface area contributed by atoms with Crippen molar-refractivity contribution in [3.63, 3.8) is 0 Å². The van der Waals surface area contributed by atoms with Crippen LogP contribution in [0.1, 0.15) is 35.3 Å². The number of amides is 2. The monoisotopic (exact) mass is 335 g/mol. The molecule has 9 heteroatoms. The molecular weight excluding hydrogens is 323 g/mol.